The van der Waals surface area contributed by atoms with E-state index in [0.29, 0.717) is 17.8 Å². The molecule has 2 aromatic heterocycles. The number of aromatic nitrogens is 3. The Morgan fingerprint density at radius 1 is 1.21 bits per heavy atom. The summed E-state index contributed by atoms with van der Waals surface area (Å²) in [6, 6.07) is 9.63. The molecule has 8 heteroatoms. The lowest BCUT2D eigenvalue weighted by Crippen LogP contribution is -2.34. The van der Waals surface area contributed by atoms with Gasteiger partial charge in [-0.3, -0.25) is 14.5 Å². The maximum absolute atomic E-state index is 12.5. The number of hydrogen-bond donors (Lipinski definition) is 2. The van der Waals surface area contributed by atoms with Crippen LogP contribution < -0.4 is 5.32 Å². The molecule has 1 aromatic carbocycles. The molecular formula is C20H19BrN4O3. The second-order valence-corrected chi connectivity index (χ2v) is 7.01. The van der Waals surface area contributed by atoms with E-state index in [1.54, 1.807) is 41.5 Å². The number of benzene rings is 1. The molecule has 0 spiro atoms. The summed E-state index contributed by atoms with van der Waals surface area (Å²) in [6.45, 7) is 2.62. The average Bonchev–Trinajstić information content (AvgIpc) is 3.06. The number of carboxylic acid groups (broad SMARTS) is 1. The molecule has 0 aliphatic heterocycles. The van der Waals surface area contributed by atoms with Crippen molar-refractivity contribution in [2.75, 3.05) is 0 Å². The summed E-state index contributed by atoms with van der Waals surface area (Å²) in [5.74, 6) is -1.54. The van der Waals surface area contributed by atoms with E-state index in [1.807, 2.05) is 25.1 Å². The highest BCUT2D eigenvalue weighted by Gasteiger charge is 2.23. The van der Waals surface area contributed by atoms with Crippen molar-refractivity contribution < 1.29 is 14.7 Å². The Kier molecular flexibility index (Phi) is 6.20. The van der Waals surface area contributed by atoms with E-state index in [2.05, 4.69) is 31.3 Å². The van der Waals surface area contributed by atoms with Crippen LogP contribution in [-0.4, -0.2) is 31.7 Å². The predicted octanol–water partition coefficient (Wildman–Crippen LogP) is 3.21. The number of hydrogen-bond acceptors (Lipinski definition) is 4. The van der Waals surface area contributed by atoms with Crippen molar-refractivity contribution in [2.24, 2.45) is 0 Å². The number of nitrogens with one attached hydrogen (secondary N) is 1. The van der Waals surface area contributed by atoms with Gasteiger partial charge in [0.05, 0.1) is 16.6 Å². The fourth-order valence-corrected chi connectivity index (χ4v) is 3.27. The molecule has 1 atom stereocenters. The SMILES string of the molecule is CCn1cc(Br)c(CC(=O)NC(C(=O)O)c2cccc(-c3ccncc3)c2)n1. The fourth-order valence-electron chi connectivity index (χ4n) is 2.81. The number of aliphatic carboxylic acids is 1. The van der Waals surface area contributed by atoms with Gasteiger partial charge in [-0.25, -0.2) is 4.79 Å². The van der Waals surface area contributed by atoms with E-state index in [4.69, 9.17) is 0 Å². The molecule has 0 bridgehead atoms. The van der Waals surface area contributed by atoms with Gasteiger partial charge in [0.2, 0.25) is 5.91 Å². The Morgan fingerprint density at radius 2 is 1.96 bits per heavy atom. The third-order valence-corrected chi connectivity index (χ3v) is 4.89. The summed E-state index contributed by atoms with van der Waals surface area (Å²) >= 11 is 3.38. The van der Waals surface area contributed by atoms with Crippen LogP contribution in [0.15, 0.2) is 59.5 Å². The third-order valence-electron chi connectivity index (χ3n) is 4.23. The van der Waals surface area contributed by atoms with Crippen molar-refractivity contribution in [2.45, 2.75) is 25.9 Å². The zero-order chi connectivity index (χ0) is 20.1. The lowest BCUT2D eigenvalue weighted by atomic mass is 10.00. The molecule has 0 radical (unpaired) electrons. The molecule has 0 aliphatic rings. The van der Waals surface area contributed by atoms with Crippen LogP contribution in [0.1, 0.15) is 24.2 Å². The molecule has 0 saturated heterocycles. The first-order chi connectivity index (χ1) is 13.5. The first-order valence-corrected chi connectivity index (χ1v) is 9.51. The minimum atomic E-state index is -1.15. The Labute approximate surface area is 170 Å². The van der Waals surface area contributed by atoms with Crippen LogP contribution in [-0.2, 0) is 22.6 Å². The normalized spacial score (nSPS) is 11.8. The van der Waals surface area contributed by atoms with E-state index >= 15 is 0 Å². The van der Waals surface area contributed by atoms with Gasteiger partial charge in [0, 0.05) is 25.1 Å². The molecule has 3 aromatic rings. The van der Waals surface area contributed by atoms with Crippen LogP contribution >= 0.6 is 15.9 Å². The Bertz CT molecular complexity index is 988. The van der Waals surface area contributed by atoms with Crippen molar-refractivity contribution >= 4 is 27.8 Å². The van der Waals surface area contributed by atoms with Crippen LogP contribution in [0.25, 0.3) is 11.1 Å². The van der Waals surface area contributed by atoms with Gasteiger partial charge in [0.25, 0.3) is 0 Å². The molecule has 0 saturated carbocycles. The summed E-state index contributed by atoms with van der Waals surface area (Å²) in [4.78, 5) is 28.2. The van der Waals surface area contributed by atoms with Crippen LogP contribution in [0.2, 0.25) is 0 Å². The van der Waals surface area contributed by atoms with Gasteiger partial charge in [-0.2, -0.15) is 5.10 Å². The van der Waals surface area contributed by atoms with Gasteiger partial charge in [0.1, 0.15) is 0 Å². The molecule has 0 aliphatic carbocycles. The van der Waals surface area contributed by atoms with Gasteiger partial charge in [0.15, 0.2) is 6.04 Å². The molecule has 2 N–H and O–H groups in total. The molecule has 1 unspecified atom stereocenters. The molecule has 28 heavy (non-hydrogen) atoms. The number of halogens is 1. The highest BCUT2D eigenvalue weighted by molar-refractivity contribution is 9.10. The van der Waals surface area contributed by atoms with Crippen LogP contribution in [0.5, 0.6) is 0 Å². The van der Waals surface area contributed by atoms with Crippen molar-refractivity contribution in [3.05, 3.63) is 70.7 Å². The molecule has 2 heterocycles. The number of pyridine rings is 1. The van der Waals surface area contributed by atoms with Crippen LogP contribution in [0.3, 0.4) is 0 Å². The quantitative estimate of drug-likeness (QED) is 0.585. The Balaban J connectivity index is 1.79. The third kappa shape index (κ3) is 4.64. The maximum atomic E-state index is 12.5. The zero-order valence-corrected chi connectivity index (χ0v) is 16.8. The van der Waals surface area contributed by atoms with Gasteiger partial charge in [-0.05, 0) is 57.7 Å². The smallest absolute Gasteiger partial charge is 0.330 e. The Hall–Kier alpha value is -3.00. The van der Waals surface area contributed by atoms with E-state index < -0.39 is 17.9 Å². The van der Waals surface area contributed by atoms with Gasteiger partial charge < -0.3 is 10.4 Å². The lowest BCUT2D eigenvalue weighted by molar-refractivity contribution is -0.142. The topological polar surface area (TPSA) is 97.1 Å². The summed E-state index contributed by atoms with van der Waals surface area (Å²) in [5, 5.41) is 16.5. The molecule has 144 valence electrons. The predicted molar refractivity (Wildman–Crippen MR) is 107 cm³/mol. The van der Waals surface area contributed by atoms with Crippen molar-refractivity contribution in [1.82, 2.24) is 20.1 Å². The molecular weight excluding hydrogens is 424 g/mol. The van der Waals surface area contributed by atoms with Gasteiger partial charge in [-0.1, -0.05) is 18.2 Å². The molecule has 7 nitrogen and oxygen atoms in total. The molecule has 0 fully saturated rings. The molecule has 3 rings (SSSR count). The van der Waals surface area contributed by atoms with Crippen LogP contribution in [0, 0.1) is 0 Å². The lowest BCUT2D eigenvalue weighted by Gasteiger charge is -2.16. The largest absolute Gasteiger partial charge is 0.479 e. The van der Waals surface area contributed by atoms with Crippen molar-refractivity contribution in [3.8, 4) is 11.1 Å². The summed E-state index contributed by atoms with van der Waals surface area (Å²) in [7, 11) is 0. The minimum absolute atomic E-state index is 0.0125. The monoisotopic (exact) mass is 442 g/mol. The zero-order valence-electron chi connectivity index (χ0n) is 15.2. The van der Waals surface area contributed by atoms with Gasteiger partial charge in [-0.15, -0.1) is 0 Å². The second-order valence-electron chi connectivity index (χ2n) is 6.16. The summed E-state index contributed by atoms with van der Waals surface area (Å²) in [5.41, 5.74) is 2.83. The number of amides is 1. The highest BCUT2D eigenvalue weighted by atomic mass is 79.9. The molecule has 1 amide bonds. The number of rotatable bonds is 7. The summed E-state index contributed by atoms with van der Waals surface area (Å²) in [6.07, 6.45) is 5.12. The number of carbonyl (C=O) groups is 2. The standard InChI is InChI=1S/C20H19BrN4O3/c1-2-25-12-16(21)17(24-25)11-18(26)23-19(20(27)28)15-5-3-4-14(10-15)13-6-8-22-9-7-13/h3-10,12,19H,2,11H2,1H3,(H,23,26)(H,27,28). The van der Waals surface area contributed by atoms with Gasteiger partial charge >= 0.3 is 5.97 Å². The van der Waals surface area contributed by atoms with E-state index in [1.165, 1.54) is 0 Å². The number of aryl methyl sites for hydroxylation is 1. The second kappa shape index (κ2) is 8.79. The highest BCUT2D eigenvalue weighted by Crippen LogP contribution is 2.23. The number of carboxylic acids is 1. The first-order valence-electron chi connectivity index (χ1n) is 8.72. The van der Waals surface area contributed by atoms with Crippen molar-refractivity contribution in [3.63, 3.8) is 0 Å². The minimum Gasteiger partial charge on any atom is -0.479 e. The van der Waals surface area contributed by atoms with Crippen LogP contribution in [0.4, 0.5) is 0 Å². The van der Waals surface area contributed by atoms with E-state index in [-0.39, 0.29) is 6.42 Å². The van der Waals surface area contributed by atoms with E-state index in [0.717, 1.165) is 15.6 Å². The van der Waals surface area contributed by atoms with Crippen molar-refractivity contribution in [1.29, 1.82) is 0 Å². The number of nitrogens with zero attached hydrogens (tertiary/aromatic N) is 3. The first kappa shape index (κ1) is 19.8. The summed E-state index contributed by atoms with van der Waals surface area (Å²) < 4.78 is 2.43. The average molecular weight is 443 g/mol. The van der Waals surface area contributed by atoms with E-state index in [9.17, 15) is 14.7 Å². The Morgan fingerprint density at radius 3 is 2.61 bits per heavy atom. The maximum Gasteiger partial charge on any atom is 0.330 e. The fraction of sp³-hybridized carbons (Fsp3) is 0.200. The number of carbonyl (C=O) groups excluding carboxylic acids is 1.